The number of rotatable bonds is 5. The van der Waals surface area contributed by atoms with E-state index in [9.17, 15) is 14.4 Å². The highest BCUT2D eigenvalue weighted by Crippen LogP contribution is 2.16. The Morgan fingerprint density at radius 2 is 1.90 bits per heavy atom. The maximum atomic E-state index is 13.0. The van der Waals surface area contributed by atoms with E-state index in [4.69, 9.17) is 4.74 Å². The fraction of sp³-hybridized carbons (Fsp3) is 0.273. The number of nitrogens with zero attached hydrogens (tertiary/aromatic N) is 4. The minimum atomic E-state index is -0.427. The highest BCUT2D eigenvalue weighted by molar-refractivity contribution is 5.93. The van der Waals surface area contributed by atoms with Gasteiger partial charge in [-0.2, -0.15) is 0 Å². The first kappa shape index (κ1) is 19.6. The highest BCUT2D eigenvalue weighted by atomic mass is 16.5. The van der Waals surface area contributed by atoms with Crippen molar-refractivity contribution in [1.82, 2.24) is 19.0 Å². The number of aromatic nitrogens is 3. The van der Waals surface area contributed by atoms with Crippen molar-refractivity contribution in [1.29, 1.82) is 0 Å². The zero-order valence-corrected chi connectivity index (χ0v) is 16.8. The molecule has 4 rings (SSSR count). The van der Waals surface area contributed by atoms with Gasteiger partial charge < -0.3 is 18.8 Å². The Bertz CT molecular complexity index is 1150. The standard InChI is InChI=1S/C22H22N4O4/c1-15-12-24(14-23-15)18-8-9-19-21(28)25(10-11-26(19)20(18)27)16(2)13-30-22(29)17-6-4-3-5-7-17/h3-9,12,14,16H,10-11,13H2,1-2H3. The molecule has 2 aromatic heterocycles. The lowest BCUT2D eigenvalue weighted by Gasteiger charge is -2.34. The van der Waals surface area contributed by atoms with E-state index in [1.54, 1.807) is 58.4 Å². The number of carbonyl (C=O) groups excluding carboxylic acids is 2. The lowest BCUT2D eigenvalue weighted by atomic mass is 10.1. The summed E-state index contributed by atoms with van der Waals surface area (Å²) in [5.41, 5.74) is 1.81. The van der Waals surface area contributed by atoms with E-state index >= 15 is 0 Å². The number of imidazole rings is 1. The quantitative estimate of drug-likeness (QED) is 0.606. The predicted molar refractivity (Wildman–Crippen MR) is 110 cm³/mol. The molecule has 3 aromatic rings. The monoisotopic (exact) mass is 406 g/mol. The number of esters is 1. The molecule has 154 valence electrons. The zero-order valence-electron chi connectivity index (χ0n) is 16.8. The summed E-state index contributed by atoms with van der Waals surface area (Å²) in [5.74, 6) is -0.682. The second kappa shape index (κ2) is 7.98. The summed E-state index contributed by atoms with van der Waals surface area (Å²) >= 11 is 0. The van der Waals surface area contributed by atoms with Gasteiger partial charge in [0.15, 0.2) is 0 Å². The van der Waals surface area contributed by atoms with Gasteiger partial charge in [-0.25, -0.2) is 9.78 Å². The fourth-order valence-corrected chi connectivity index (χ4v) is 3.55. The minimum Gasteiger partial charge on any atom is -0.460 e. The summed E-state index contributed by atoms with van der Waals surface area (Å²) in [4.78, 5) is 43.8. The van der Waals surface area contributed by atoms with Crippen LogP contribution in [-0.4, -0.2) is 50.1 Å². The molecule has 0 saturated carbocycles. The Labute approximate surface area is 173 Å². The van der Waals surface area contributed by atoms with Crippen LogP contribution in [0.4, 0.5) is 0 Å². The average molecular weight is 406 g/mol. The van der Waals surface area contributed by atoms with Gasteiger partial charge in [-0.15, -0.1) is 0 Å². The van der Waals surface area contributed by atoms with Crippen LogP contribution in [0.5, 0.6) is 0 Å². The summed E-state index contributed by atoms with van der Waals surface area (Å²) in [6, 6.07) is 11.7. The van der Waals surface area contributed by atoms with Gasteiger partial charge in [-0.05, 0) is 38.1 Å². The Hall–Kier alpha value is -3.68. The SMILES string of the molecule is Cc1cn(-c2ccc3n(c2=O)CCN(C(C)COC(=O)c2ccccc2)C3=O)cn1. The van der Waals surface area contributed by atoms with Gasteiger partial charge in [-0.1, -0.05) is 18.2 Å². The molecule has 1 aliphatic rings. The van der Waals surface area contributed by atoms with E-state index in [1.165, 1.54) is 4.57 Å². The number of aryl methyl sites for hydroxylation is 1. The Morgan fingerprint density at radius 3 is 2.60 bits per heavy atom. The maximum absolute atomic E-state index is 13.0. The number of fused-ring (bicyclic) bond motifs is 1. The third kappa shape index (κ3) is 3.63. The highest BCUT2D eigenvalue weighted by Gasteiger charge is 2.30. The van der Waals surface area contributed by atoms with E-state index in [-0.39, 0.29) is 24.1 Å². The Balaban J connectivity index is 1.49. The second-order valence-electron chi connectivity index (χ2n) is 7.29. The maximum Gasteiger partial charge on any atom is 0.338 e. The van der Waals surface area contributed by atoms with Crippen molar-refractivity contribution in [3.05, 3.63) is 82.3 Å². The number of amides is 1. The molecule has 1 aromatic carbocycles. The smallest absolute Gasteiger partial charge is 0.338 e. The van der Waals surface area contributed by atoms with Crippen LogP contribution in [0.1, 0.15) is 33.5 Å². The van der Waals surface area contributed by atoms with Gasteiger partial charge in [0.1, 0.15) is 18.0 Å². The Morgan fingerprint density at radius 1 is 1.13 bits per heavy atom. The summed E-state index contributed by atoms with van der Waals surface area (Å²) in [7, 11) is 0. The van der Waals surface area contributed by atoms with Gasteiger partial charge >= 0.3 is 5.97 Å². The molecule has 0 radical (unpaired) electrons. The van der Waals surface area contributed by atoms with Crippen molar-refractivity contribution in [2.75, 3.05) is 13.2 Å². The van der Waals surface area contributed by atoms with Crippen molar-refractivity contribution < 1.29 is 14.3 Å². The lowest BCUT2D eigenvalue weighted by molar-refractivity contribution is 0.0310. The lowest BCUT2D eigenvalue weighted by Crippen LogP contribution is -2.50. The molecule has 0 fully saturated rings. The number of pyridine rings is 1. The largest absolute Gasteiger partial charge is 0.460 e. The average Bonchev–Trinajstić information content (AvgIpc) is 3.19. The van der Waals surface area contributed by atoms with Crippen molar-refractivity contribution in [3.63, 3.8) is 0 Å². The molecular formula is C22H22N4O4. The number of hydrogen-bond donors (Lipinski definition) is 0. The number of carbonyl (C=O) groups is 2. The Kier molecular flexibility index (Phi) is 5.22. The van der Waals surface area contributed by atoms with Crippen molar-refractivity contribution in [2.45, 2.75) is 26.4 Å². The van der Waals surface area contributed by atoms with Crippen LogP contribution in [0.25, 0.3) is 5.69 Å². The topological polar surface area (TPSA) is 86.4 Å². The van der Waals surface area contributed by atoms with E-state index < -0.39 is 5.97 Å². The second-order valence-corrected chi connectivity index (χ2v) is 7.29. The van der Waals surface area contributed by atoms with E-state index in [1.807, 2.05) is 19.9 Å². The first-order valence-corrected chi connectivity index (χ1v) is 9.73. The molecule has 8 heteroatoms. The molecule has 1 atom stereocenters. The predicted octanol–water partition coefficient (Wildman–Crippen LogP) is 2.04. The van der Waals surface area contributed by atoms with Crippen molar-refractivity contribution in [2.24, 2.45) is 0 Å². The van der Waals surface area contributed by atoms with Crippen LogP contribution >= 0.6 is 0 Å². The van der Waals surface area contributed by atoms with Gasteiger partial charge in [0.05, 0.1) is 23.6 Å². The minimum absolute atomic E-state index is 0.0795. The van der Waals surface area contributed by atoms with Crippen LogP contribution in [0.2, 0.25) is 0 Å². The van der Waals surface area contributed by atoms with Gasteiger partial charge in [0.25, 0.3) is 11.5 Å². The molecule has 0 bridgehead atoms. The molecular weight excluding hydrogens is 384 g/mol. The van der Waals surface area contributed by atoms with Crippen LogP contribution in [0.15, 0.2) is 59.8 Å². The van der Waals surface area contributed by atoms with Crippen LogP contribution in [-0.2, 0) is 11.3 Å². The molecule has 1 aliphatic heterocycles. The molecule has 0 N–H and O–H groups in total. The normalized spacial score (nSPS) is 14.3. The fourth-order valence-electron chi connectivity index (χ4n) is 3.55. The summed E-state index contributed by atoms with van der Waals surface area (Å²) in [5, 5.41) is 0. The molecule has 1 unspecified atom stereocenters. The summed E-state index contributed by atoms with van der Waals surface area (Å²) < 4.78 is 8.52. The first-order valence-electron chi connectivity index (χ1n) is 9.73. The van der Waals surface area contributed by atoms with Crippen LogP contribution in [0.3, 0.4) is 0 Å². The molecule has 30 heavy (non-hydrogen) atoms. The van der Waals surface area contributed by atoms with Crippen molar-refractivity contribution in [3.8, 4) is 5.69 Å². The molecule has 1 amide bonds. The van der Waals surface area contributed by atoms with E-state index in [0.29, 0.717) is 30.0 Å². The number of hydrogen-bond acceptors (Lipinski definition) is 5. The van der Waals surface area contributed by atoms with E-state index in [0.717, 1.165) is 5.69 Å². The van der Waals surface area contributed by atoms with Gasteiger partial charge in [0, 0.05) is 19.3 Å². The first-order chi connectivity index (χ1) is 14.5. The summed E-state index contributed by atoms with van der Waals surface area (Å²) in [6.45, 7) is 4.49. The zero-order chi connectivity index (χ0) is 21.3. The summed E-state index contributed by atoms with van der Waals surface area (Å²) in [6.07, 6.45) is 3.35. The van der Waals surface area contributed by atoms with E-state index in [2.05, 4.69) is 4.98 Å². The number of ether oxygens (including phenoxy) is 1. The molecule has 0 aliphatic carbocycles. The van der Waals surface area contributed by atoms with Gasteiger partial charge in [-0.3, -0.25) is 9.59 Å². The molecule has 0 spiro atoms. The third-order valence-corrected chi connectivity index (χ3v) is 5.19. The molecule has 0 saturated heterocycles. The van der Waals surface area contributed by atoms with Crippen LogP contribution < -0.4 is 5.56 Å². The third-order valence-electron chi connectivity index (χ3n) is 5.19. The molecule has 3 heterocycles. The number of benzene rings is 1. The molecule has 8 nitrogen and oxygen atoms in total. The van der Waals surface area contributed by atoms with Gasteiger partial charge in [0.2, 0.25) is 0 Å². The van der Waals surface area contributed by atoms with Crippen molar-refractivity contribution >= 4 is 11.9 Å². The van der Waals surface area contributed by atoms with Crippen LogP contribution in [0, 0.1) is 6.92 Å².